The van der Waals surface area contributed by atoms with Crippen LogP contribution in [0.3, 0.4) is 0 Å². The highest BCUT2D eigenvalue weighted by Gasteiger charge is 1.77. The minimum atomic E-state index is -0.184. The SMILES string of the molecule is C=C/C(C)=C\C=C(/C)F.CC. The summed E-state index contributed by atoms with van der Waals surface area (Å²) >= 11 is 0. The second-order valence-corrected chi connectivity index (χ2v) is 1.87. The lowest BCUT2D eigenvalue weighted by Crippen LogP contribution is -1.63. The second-order valence-electron chi connectivity index (χ2n) is 1.87. The molecule has 0 aliphatic carbocycles. The number of hydrogen-bond acceptors (Lipinski definition) is 0. The van der Waals surface area contributed by atoms with Gasteiger partial charge in [-0.15, -0.1) is 0 Å². The van der Waals surface area contributed by atoms with Crippen LogP contribution >= 0.6 is 0 Å². The Hall–Kier alpha value is -0.850. The molecule has 0 aromatic heterocycles. The molecule has 0 amide bonds. The fourth-order valence-electron chi connectivity index (χ4n) is 0.314. The van der Waals surface area contributed by atoms with Crippen molar-refractivity contribution in [2.45, 2.75) is 27.7 Å². The largest absolute Gasteiger partial charge is 0.212 e. The average molecular weight is 156 g/mol. The van der Waals surface area contributed by atoms with Crippen molar-refractivity contribution in [2.75, 3.05) is 0 Å². The van der Waals surface area contributed by atoms with E-state index in [1.54, 1.807) is 12.2 Å². The molecule has 0 atom stereocenters. The summed E-state index contributed by atoms with van der Waals surface area (Å²) in [7, 11) is 0. The Balaban J connectivity index is 0. The quantitative estimate of drug-likeness (QED) is 0.530. The molecule has 64 valence electrons. The van der Waals surface area contributed by atoms with Gasteiger partial charge in [0.05, 0.1) is 5.83 Å². The summed E-state index contributed by atoms with van der Waals surface area (Å²) in [5, 5.41) is 0. The smallest absolute Gasteiger partial charge is 0.0968 e. The molecule has 0 fully saturated rings. The Labute approximate surface area is 69.1 Å². The Morgan fingerprint density at radius 3 is 1.91 bits per heavy atom. The predicted molar refractivity (Wildman–Crippen MR) is 50.2 cm³/mol. The third-order valence-electron chi connectivity index (χ3n) is 0.898. The van der Waals surface area contributed by atoms with E-state index in [4.69, 9.17) is 0 Å². The number of rotatable bonds is 2. The maximum atomic E-state index is 12.0. The highest BCUT2D eigenvalue weighted by atomic mass is 19.1. The van der Waals surface area contributed by atoms with E-state index in [0.29, 0.717) is 0 Å². The predicted octanol–water partition coefficient (Wildman–Crippen LogP) is 4.02. The molecule has 0 unspecified atom stereocenters. The number of allylic oxidation sites excluding steroid dienone is 5. The molecular formula is C10H17F. The summed E-state index contributed by atoms with van der Waals surface area (Å²) in [4.78, 5) is 0. The molecule has 0 spiro atoms. The fraction of sp³-hybridized carbons (Fsp3) is 0.400. The molecule has 0 aromatic carbocycles. The third kappa shape index (κ3) is 12.4. The number of hydrogen-bond donors (Lipinski definition) is 0. The van der Waals surface area contributed by atoms with Crippen molar-refractivity contribution in [2.24, 2.45) is 0 Å². The van der Waals surface area contributed by atoms with Crippen molar-refractivity contribution in [1.29, 1.82) is 0 Å². The van der Waals surface area contributed by atoms with Gasteiger partial charge in [0.1, 0.15) is 0 Å². The van der Waals surface area contributed by atoms with Crippen molar-refractivity contribution in [3.05, 3.63) is 36.2 Å². The highest BCUT2D eigenvalue weighted by Crippen LogP contribution is 1.97. The van der Waals surface area contributed by atoms with Crippen LogP contribution in [0.15, 0.2) is 36.2 Å². The van der Waals surface area contributed by atoms with Crippen molar-refractivity contribution < 1.29 is 4.39 Å². The monoisotopic (exact) mass is 156 g/mol. The van der Waals surface area contributed by atoms with Crippen LogP contribution in [0.25, 0.3) is 0 Å². The van der Waals surface area contributed by atoms with E-state index in [2.05, 4.69) is 6.58 Å². The summed E-state index contributed by atoms with van der Waals surface area (Å²) < 4.78 is 12.0. The molecule has 0 N–H and O–H groups in total. The molecule has 11 heavy (non-hydrogen) atoms. The lowest BCUT2D eigenvalue weighted by atomic mass is 10.3. The molecule has 0 nitrogen and oxygen atoms in total. The van der Waals surface area contributed by atoms with E-state index < -0.39 is 0 Å². The van der Waals surface area contributed by atoms with Crippen molar-refractivity contribution in [1.82, 2.24) is 0 Å². The molecule has 0 radical (unpaired) electrons. The Kier molecular flexibility index (Phi) is 10.6. The van der Waals surface area contributed by atoms with E-state index in [-0.39, 0.29) is 5.83 Å². The lowest BCUT2D eigenvalue weighted by molar-refractivity contribution is 0.640. The molecule has 0 rings (SSSR count). The van der Waals surface area contributed by atoms with Crippen LogP contribution in [0.1, 0.15) is 27.7 Å². The van der Waals surface area contributed by atoms with Crippen LogP contribution in [0.4, 0.5) is 4.39 Å². The van der Waals surface area contributed by atoms with Gasteiger partial charge in [-0.25, -0.2) is 4.39 Å². The van der Waals surface area contributed by atoms with E-state index in [0.717, 1.165) is 5.57 Å². The maximum Gasteiger partial charge on any atom is 0.0968 e. The zero-order valence-electron chi connectivity index (χ0n) is 7.82. The van der Waals surface area contributed by atoms with Gasteiger partial charge in [-0.1, -0.05) is 38.2 Å². The minimum absolute atomic E-state index is 0.184. The Bertz CT molecular complexity index is 148. The standard InChI is InChI=1S/C8H11F.C2H6/c1-4-7(2)5-6-8(3)9;1-2/h4-6H,1H2,2-3H3;1-2H3/b7-5-,8-6+;. The van der Waals surface area contributed by atoms with Crippen LogP contribution < -0.4 is 0 Å². The lowest BCUT2D eigenvalue weighted by Gasteiger charge is -1.83. The minimum Gasteiger partial charge on any atom is -0.212 e. The van der Waals surface area contributed by atoms with Crippen LogP contribution in [0, 0.1) is 0 Å². The van der Waals surface area contributed by atoms with Gasteiger partial charge < -0.3 is 0 Å². The Morgan fingerprint density at radius 1 is 1.18 bits per heavy atom. The normalized spacial score (nSPS) is 11.7. The molecule has 0 heterocycles. The first-order valence-corrected chi connectivity index (χ1v) is 3.80. The zero-order chi connectivity index (χ0) is 9.28. The van der Waals surface area contributed by atoms with Gasteiger partial charge in [0.15, 0.2) is 0 Å². The summed E-state index contributed by atoms with van der Waals surface area (Å²) in [6.07, 6.45) is 4.78. The molecular weight excluding hydrogens is 139 g/mol. The van der Waals surface area contributed by atoms with Gasteiger partial charge in [-0.05, 0) is 19.9 Å². The van der Waals surface area contributed by atoms with Crippen LogP contribution in [0.2, 0.25) is 0 Å². The van der Waals surface area contributed by atoms with Gasteiger partial charge in [-0.2, -0.15) is 0 Å². The van der Waals surface area contributed by atoms with Gasteiger partial charge >= 0.3 is 0 Å². The molecule has 0 saturated heterocycles. The molecule has 0 aliphatic heterocycles. The van der Waals surface area contributed by atoms with Crippen molar-refractivity contribution >= 4 is 0 Å². The van der Waals surface area contributed by atoms with Crippen molar-refractivity contribution in [3.8, 4) is 0 Å². The third-order valence-corrected chi connectivity index (χ3v) is 0.898. The van der Waals surface area contributed by atoms with Gasteiger partial charge in [0, 0.05) is 0 Å². The van der Waals surface area contributed by atoms with Crippen LogP contribution in [-0.4, -0.2) is 0 Å². The molecule has 0 aromatic rings. The topological polar surface area (TPSA) is 0 Å². The van der Waals surface area contributed by atoms with Gasteiger partial charge in [-0.3, -0.25) is 0 Å². The maximum absolute atomic E-state index is 12.0. The summed E-state index contributed by atoms with van der Waals surface area (Å²) in [5.74, 6) is -0.184. The van der Waals surface area contributed by atoms with Crippen molar-refractivity contribution in [3.63, 3.8) is 0 Å². The number of halogens is 1. The summed E-state index contributed by atoms with van der Waals surface area (Å²) in [6.45, 7) is 10.8. The van der Waals surface area contributed by atoms with E-state index in [1.807, 2.05) is 20.8 Å². The van der Waals surface area contributed by atoms with Gasteiger partial charge in [0.25, 0.3) is 0 Å². The highest BCUT2D eigenvalue weighted by molar-refractivity contribution is 5.20. The molecule has 0 bridgehead atoms. The first-order valence-electron chi connectivity index (χ1n) is 3.80. The first kappa shape index (κ1) is 12.8. The Morgan fingerprint density at radius 2 is 1.64 bits per heavy atom. The van der Waals surface area contributed by atoms with E-state index in [1.165, 1.54) is 13.0 Å². The van der Waals surface area contributed by atoms with E-state index >= 15 is 0 Å². The molecule has 1 heteroatoms. The van der Waals surface area contributed by atoms with Gasteiger partial charge in [0.2, 0.25) is 0 Å². The van der Waals surface area contributed by atoms with Crippen LogP contribution in [-0.2, 0) is 0 Å². The summed E-state index contributed by atoms with van der Waals surface area (Å²) in [6, 6.07) is 0. The fourth-order valence-corrected chi connectivity index (χ4v) is 0.314. The molecule has 0 saturated carbocycles. The van der Waals surface area contributed by atoms with E-state index in [9.17, 15) is 4.39 Å². The average Bonchev–Trinajstić information content (AvgIpc) is 2.04. The molecule has 0 aliphatic rings. The first-order chi connectivity index (χ1) is 5.16. The summed E-state index contributed by atoms with van der Waals surface area (Å²) in [5.41, 5.74) is 0.965. The zero-order valence-corrected chi connectivity index (χ0v) is 7.82. The second kappa shape index (κ2) is 9.15. The van der Waals surface area contributed by atoms with Crippen LogP contribution in [0.5, 0.6) is 0 Å².